The van der Waals surface area contributed by atoms with Gasteiger partial charge >= 0.3 is 5.97 Å². The molecule has 0 saturated heterocycles. The molecule has 0 heterocycles. The van der Waals surface area contributed by atoms with Crippen LogP contribution in [-0.2, 0) is 17.6 Å². The van der Waals surface area contributed by atoms with Crippen molar-refractivity contribution >= 4 is 11.5 Å². The summed E-state index contributed by atoms with van der Waals surface area (Å²) in [4.78, 5) is 11.9. The van der Waals surface area contributed by atoms with Gasteiger partial charge in [0.05, 0.1) is 13.2 Å². The summed E-state index contributed by atoms with van der Waals surface area (Å²) in [5.41, 5.74) is 12.8. The highest BCUT2D eigenvalue weighted by atomic mass is 16.4. The fourth-order valence-corrected chi connectivity index (χ4v) is 5.24. The monoisotopic (exact) mass is 462 g/mol. The molecule has 0 aliphatic heterocycles. The standard InChI is InChI=1S/C29H20O2.C2H6O2/c30-29(31)17-28(24-13-5-11-22-20-9-3-1-7-18(20)15-26(22)24)25-14-6-12-23-21-10-4-2-8-19(21)16-27(23)25;3-1-2-4/h1-14,17H,15-16H2,(H,30,31);3-4H,1-2H2. The zero-order valence-electron chi connectivity index (χ0n) is 19.2. The third-order valence-corrected chi connectivity index (χ3v) is 6.65. The summed E-state index contributed by atoms with van der Waals surface area (Å²) in [6.07, 6.45) is 3.04. The van der Waals surface area contributed by atoms with Crippen LogP contribution in [0.1, 0.15) is 33.4 Å². The van der Waals surface area contributed by atoms with Crippen molar-refractivity contribution in [3.05, 3.63) is 124 Å². The van der Waals surface area contributed by atoms with Gasteiger partial charge in [-0.15, -0.1) is 0 Å². The summed E-state index contributed by atoms with van der Waals surface area (Å²) in [7, 11) is 0. The van der Waals surface area contributed by atoms with E-state index in [1.54, 1.807) is 0 Å². The topological polar surface area (TPSA) is 77.8 Å². The second kappa shape index (κ2) is 9.71. The van der Waals surface area contributed by atoms with Gasteiger partial charge in [0.25, 0.3) is 0 Å². The van der Waals surface area contributed by atoms with E-state index in [9.17, 15) is 9.90 Å². The molecule has 0 unspecified atom stereocenters. The SMILES string of the molecule is O=C(O)C=C(c1cccc2c1Cc1ccccc1-2)c1cccc2c1Cc1ccccc1-2.OCCO. The van der Waals surface area contributed by atoms with Gasteiger partial charge in [0.1, 0.15) is 0 Å². The van der Waals surface area contributed by atoms with Gasteiger partial charge in [0.15, 0.2) is 0 Å². The zero-order valence-corrected chi connectivity index (χ0v) is 19.2. The molecule has 0 bridgehead atoms. The van der Waals surface area contributed by atoms with Gasteiger partial charge in [-0.3, -0.25) is 0 Å². The van der Waals surface area contributed by atoms with Crippen molar-refractivity contribution in [1.82, 2.24) is 0 Å². The number of carbonyl (C=O) groups is 1. The molecular formula is C31H26O4. The summed E-state index contributed by atoms with van der Waals surface area (Å²) >= 11 is 0. The first-order valence-electron chi connectivity index (χ1n) is 11.7. The molecule has 4 heteroatoms. The third kappa shape index (κ3) is 4.18. The number of aliphatic hydroxyl groups excluding tert-OH is 2. The number of carboxylic acid groups (broad SMARTS) is 1. The fraction of sp³-hybridized carbons (Fsp3) is 0.129. The van der Waals surface area contributed by atoms with E-state index >= 15 is 0 Å². The Morgan fingerprint density at radius 1 is 0.629 bits per heavy atom. The lowest BCUT2D eigenvalue weighted by molar-refractivity contribution is -0.131. The maximum Gasteiger partial charge on any atom is 0.328 e. The lowest BCUT2D eigenvalue weighted by Crippen LogP contribution is -2.01. The van der Waals surface area contributed by atoms with Crippen molar-refractivity contribution in [3.8, 4) is 22.3 Å². The summed E-state index contributed by atoms with van der Waals surface area (Å²) in [6.45, 7) is -0.250. The van der Waals surface area contributed by atoms with E-state index in [0.717, 1.165) is 29.5 Å². The van der Waals surface area contributed by atoms with E-state index in [0.29, 0.717) is 0 Å². The Balaban J connectivity index is 0.000000591. The molecule has 0 amide bonds. The molecule has 0 radical (unpaired) electrons. The van der Waals surface area contributed by atoms with Crippen LogP contribution in [0.3, 0.4) is 0 Å². The normalized spacial score (nSPS) is 11.9. The minimum atomic E-state index is -0.920. The van der Waals surface area contributed by atoms with E-state index in [2.05, 4.69) is 72.8 Å². The highest BCUT2D eigenvalue weighted by Crippen LogP contribution is 2.45. The summed E-state index contributed by atoms with van der Waals surface area (Å²) < 4.78 is 0. The molecule has 4 aromatic carbocycles. The Kier molecular flexibility index (Phi) is 6.32. The van der Waals surface area contributed by atoms with Crippen LogP contribution in [0.25, 0.3) is 27.8 Å². The molecule has 35 heavy (non-hydrogen) atoms. The fourth-order valence-electron chi connectivity index (χ4n) is 5.24. The maximum atomic E-state index is 11.9. The summed E-state index contributed by atoms with van der Waals surface area (Å²) in [5.74, 6) is -0.920. The van der Waals surface area contributed by atoms with E-state index in [4.69, 9.17) is 10.2 Å². The number of carboxylic acids is 1. The predicted octanol–water partition coefficient (Wildman–Crippen LogP) is 5.32. The van der Waals surface area contributed by atoms with Crippen LogP contribution < -0.4 is 0 Å². The van der Waals surface area contributed by atoms with Crippen LogP contribution in [0, 0.1) is 0 Å². The van der Waals surface area contributed by atoms with Crippen molar-refractivity contribution in [1.29, 1.82) is 0 Å². The molecule has 4 aromatic rings. The van der Waals surface area contributed by atoms with E-state index in [1.807, 2.05) is 12.1 Å². The average molecular weight is 463 g/mol. The number of benzene rings is 4. The molecule has 0 fully saturated rings. The van der Waals surface area contributed by atoms with Gasteiger partial charge in [-0.25, -0.2) is 4.79 Å². The minimum absolute atomic E-state index is 0.125. The first-order valence-corrected chi connectivity index (χ1v) is 11.7. The van der Waals surface area contributed by atoms with Crippen LogP contribution in [0.2, 0.25) is 0 Å². The number of hydrogen-bond acceptors (Lipinski definition) is 3. The van der Waals surface area contributed by atoms with Crippen LogP contribution in [0.4, 0.5) is 0 Å². The molecule has 174 valence electrons. The first-order chi connectivity index (χ1) is 17.1. The highest BCUT2D eigenvalue weighted by Gasteiger charge is 2.26. The van der Waals surface area contributed by atoms with Gasteiger partial charge in [0.2, 0.25) is 0 Å². The average Bonchev–Trinajstić information content (AvgIpc) is 3.46. The molecular weight excluding hydrogens is 436 g/mol. The number of rotatable bonds is 4. The van der Waals surface area contributed by atoms with E-state index < -0.39 is 5.97 Å². The Morgan fingerprint density at radius 3 is 1.49 bits per heavy atom. The van der Waals surface area contributed by atoms with Crippen LogP contribution in [0.15, 0.2) is 91.0 Å². The van der Waals surface area contributed by atoms with Crippen LogP contribution >= 0.6 is 0 Å². The second-order valence-corrected chi connectivity index (χ2v) is 8.67. The van der Waals surface area contributed by atoms with Gasteiger partial charge < -0.3 is 15.3 Å². The Morgan fingerprint density at radius 2 is 1.06 bits per heavy atom. The molecule has 3 N–H and O–H groups in total. The zero-order chi connectivity index (χ0) is 24.4. The lowest BCUT2D eigenvalue weighted by Gasteiger charge is -2.16. The Labute approximate surface area is 204 Å². The van der Waals surface area contributed by atoms with Crippen molar-refractivity contribution in [2.75, 3.05) is 13.2 Å². The van der Waals surface area contributed by atoms with E-state index in [-0.39, 0.29) is 13.2 Å². The largest absolute Gasteiger partial charge is 0.478 e. The van der Waals surface area contributed by atoms with Gasteiger partial charge in [-0.05, 0) is 74.0 Å². The van der Waals surface area contributed by atoms with E-state index in [1.165, 1.54) is 50.6 Å². The highest BCUT2D eigenvalue weighted by molar-refractivity contribution is 5.99. The molecule has 0 atom stereocenters. The van der Waals surface area contributed by atoms with Crippen molar-refractivity contribution in [3.63, 3.8) is 0 Å². The van der Waals surface area contributed by atoms with Gasteiger partial charge in [-0.1, -0.05) is 84.9 Å². The van der Waals surface area contributed by atoms with Gasteiger partial charge in [-0.2, -0.15) is 0 Å². The molecule has 0 aromatic heterocycles. The third-order valence-electron chi connectivity index (χ3n) is 6.65. The smallest absolute Gasteiger partial charge is 0.328 e. The van der Waals surface area contributed by atoms with Crippen LogP contribution in [-0.4, -0.2) is 34.5 Å². The Bertz CT molecular complexity index is 1350. The van der Waals surface area contributed by atoms with Crippen molar-refractivity contribution in [2.45, 2.75) is 12.8 Å². The number of aliphatic carboxylic acids is 1. The first kappa shape index (κ1) is 22.8. The molecule has 0 saturated carbocycles. The Hall–Kier alpha value is -3.99. The van der Waals surface area contributed by atoms with Gasteiger partial charge in [0, 0.05) is 6.08 Å². The molecule has 0 spiro atoms. The molecule has 6 rings (SSSR count). The number of aliphatic hydroxyl groups is 2. The molecule has 4 nitrogen and oxygen atoms in total. The molecule has 2 aliphatic carbocycles. The number of hydrogen-bond donors (Lipinski definition) is 3. The second-order valence-electron chi connectivity index (χ2n) is 8.67. The predicted molar refractivity (Wildman–Crippen MR) is 138 cm³/mol. The van der Waals surface area contributed by atoms with Crippen molar-refractivity contribution in [2.24, 2.45) is 0 Å². The van der Waals surface area contributed by atoms with Crippen LogP contribution in [0.5, 0.6) is 0 Å². The number of fused-ring (bicyclic) bond motifs is 6. The lowest BCUT2D eigenvalue weighted by atomic mass is 9.87. The quantitative estimate of drug-likeness (QED) is 0.310. The summed E-state index contributed by atoms with van der Waals surface area (Å²) in [6, 6.07) is 29.4. The molecule has 2 aliphatic rings. The van der Waals surface area contributed by atoms with Crippen molar-refractivity contribution < 1.29 is 20.1 Å². The summed E-state index contributed by atoms with van der Waals surface area (Å²) in [5, 5.41) is 25.0. The minimum Gasteiger partial charge on any atom is -0.478 e. The maximum absolute atomic E-state index is 11.9.